The molecule has 0 N–H and O–H groups in total. The van der Waals surface area contributed by atoms with Gasteiger partial charge in [-0.25, -0.2) is 0 Å². The van der Waals surface area contributed by atoms with Crippen molar-refractivity contribution >= 4 is 29.1 Å². The monoisotopic (exact) mass is 259 g/mol. The Bertz CT molecular complexity index is 374. The Balaban J connectivity index is 1.81. The number of hydrogen-bond acceptors (Lipinski definition) is 2. The van der Waals surface area contributed by atoms with E-state index < -0.39 is 0 Å². The summed E-state index contributed by atoms with van der Waals surface area (Å²) in [5.74, 6) is 0.762. The molecule has 1 amide bonds. The van der Waals surface area contributed by atoms with Gasteiger partial charge in [0, 0.05) is 5.02 Å². The van der Waals surface area contributed by atoms with Gasteiger partial charge in [0.15, 0.2) is 0 Å². The van der Waals surface area contributed by atoms with E-state index in [9.17, 15) is 4.79 Å². The van der Waals surface area contributed by atoms with E-state index in [0.29, 0.717) is 18.1 Å². The first-order chi connectivity index (χ1) is 7.69. The van der Waals surface area contributed by atoms with Gasteiger partial charge >= 0.3 is 0 Å². The molecule has 0 aromatic heterocycles. The fourth-order valence-corrected chi connectivity index (χ4v) is 1.80. The summed E-state index contributed by atoms with van der Waals surface area (Å²) in [5, 5.41) is 0.680. The van der Waals surface area contributed by atoms with Gasteiger partial charge in [-0.15, -0.1) is 11.6 Å². The fourth-order valence-electron chi connectivity index (χ4n) is 1.51. The second kappa shape index (κ2) is 4.93. The standard InChI is InChI=1S/C11H11Cl2NO2/c12-5-11(15)14-6-10(7-14)16-9-3-1-8(13)2-4-9/h1-4,10H,5-7H2. The number of benzene rings is 1. The summed E-state index contributed by atoms with van der Waals surface area (Å²) in [6.07, 6.45) is 0.0633. The van der Waals surface area contributed by atoms with Gasteiger partial charge in [-0.1, -0.05) is 11.6 Å². The smallest absolute Gasteiger partial charge is 0.237 e. The van der Waals surface area contributed by atoms with Gasteiger partial charge in [-0.3, -0.25) is 4.79 Å². The molecular formula is C11H11Cl2NO2. The molecule has 0 atom stereocenters. The van der Waals surface area contributed by atoms with E-state index in [0.717, 1.165) is 5.75 Å². The van der Waals surface area contributed by atoms with Gasteiger partial charge in [0.1, 0.15) is 17.7 Å². The highest BCUT2D eigenvalue weighted by Crippen LogP contribution is 2.20. The van der Waals surface area contributed by atoms with Crippen LogP contribution in [0.2, 0.25) is 5.02 Å². The number of nitrogens with zero attached hydrogens (tertiary/aromatic N) is 1. The number of rotatable bonds is 3. The highest BCUT2D eigenvalue weighted by atomic mass is 35.5. The van der Waals surface area contributed by atoms with Crippen LogP contribution in [-0.2, 0) is 4.79 Å². The van der Waals surface area contributed by atoms with Gasteiger partial charge in [-0.05, 0) is 24.3 Å². The summed E-state index contributed by atoms with van der Waals surface area (Å²) in [6, 6.07) is 7.18. The summed E-state index contributed by atoms with van der Waals surface area (Å²) in [4.78, 5) is 12.8. The van der Waals surface area contributed by atoms with E-state index in [1.807, 2.05) is 12.1 Å². The molecule has 0 radical (unpaired) electrons. The molecule has 0 unspecified atom stereocenters. The summed E-state index contributed by atoms with van der Waals surface area (Å²) >= 11 is 11.2. The molecule has 1 fully saturated rings. The summed E-state index contributed by atoms with van der Waals surface area (Å²) in [6.45, 7) is 1.21. The third-order valence-corrected chi connectivity index (χ3v) is 2.91. The zero-order valence-corrected chi connectivity index (χ0v) is 10.0. The first-order valence-corrected chi connectivity index (χ1v) is 5.86. The lowest BCUT2D eigenvalue weighted by molar-refractivity contribution is -0.137. The van der Waals surface area contributed by atoms with Crippen LogP contribution in [0.5, 0.6) is 5.75 Å². The van der Waals surface area contributed by atoms with Crippen LogP contribution in [0.25, 0.3) is 0 Å². The number of alkyl halides is 1. The molecule has 1 aliphatic heterocycles. The fraction of sp³-hybridized carbons (Fsp3) is 0.364. The lowest BCUT2D eigenvalue weighted by Crippen LogP contribution is -2.56. The quantitative estimate of drug-likeness (QED) is 0.779. The van der Waals surface area contributed by atoms with Crippen LogP contribution < -0.4 is 4.74 Å². The topological polar surface area (TPSA) is 29.5 Å². The molecule has 0 aliphatic carbocycles. The van der Waals surface area contributed by atoms with E-state index in [-0.39, 0.29) is 17.9 Å². The Morgan fingerprint density at radius 3 is 2.56 bits per heavy atom. The minimum Gasteiger partial charge on any atom is -0.487 e. The molecular weight excluding hydrogens is 249 g/mol. The molecule has 0 bridgehead atoms. The average Bonchev–Trinajstić information content (AvgIpc) is 2.24. The maximum Gasteiger partial charge on any atom is 0.237 e. The Morgan fingerprint density at radius 2 is 2.00 bits per heavy atom. The Labute approximate surface area is 104 Å². The molecule has 1 aromatic carbocycles. The number of ether oxygens (including phenoxy) is 1. The van der Waals surface area contributed by atoms with Crippen LogP contribution in [-0.4, -0.2) is 35.9 Å². The molecule has 2 rings (SSSR count). The van der Waals surface area contributed by atoms with E-state index >= 15 is 0 Å². The van der Waals surface area contributed by atoms with E-state index in [1.165, 1.54) is 0 Å². The van der Waals surface area contributed by atoms with E-state index in [4.69, 9.17) is 27.9 Å². The van der Waals surface area contributed by atoms with Gasteiger partial charge in [-0.2, -0.15) is 0 Å². The number of likely N-dealkylation sites (tertiary alicyclic amines) is 1. The van der Waals surface area contributed by atoms with Gasteiger partial charge < -0.3 is 9.64 Å². The molecule has 5 heteroatoms. The van der Waals surface area contributed by atoms with E-state index in [2.05, 4.69) is 0 Å². The predicted octanol–water partition coefficient (Wildman–Crippen LogP) is 2.17. The van der Waals surface area contributed by atoms with Crippen molar-refractivity contribution in [3.05, 3.63) is 29.3 Å². The predicted molar refractivity (Wildman–Crippen MR) is 63.2 cm³/mol. The Kier molecular flexibility index (Phi) is 3.56. The van der Waals surface area contributed by atoms with E-state index in [1.54, 1.807) is 17.0 Å². The number of carbonyl (C=O) groups is 1. The normalized spacial score (nSPS) is 15.8. The van der Waals surface area contributed by atoms with Gasteiger partial charge in [0.05, 0.1) is 13.1 Å². The van der Waals surface area contributed by atoms with Crippen molar-refractivity contribution in [1.82, 2.24) is 4.90 Å². The average molecular weight is 260 g/mol. The van der Waals surface area contributed by atoms with Crippen LogP contribution >= 0.6 is 23.2 Å². The van der Waals surface area contributed by atoms with Crippen LogP contribution in [0.1, 0.15) is 0 Å². The maximum atomic E-state index is 11.2. The second-order valence-electron chi connectivity index (χ2n) is 3.63. The minimum atomic E-state index is -0.0439. The second-order valence-corrected chi connectivity index (χ2v) is 4.33. The largest absolute Gasteiger partial charge is 0.487 e. The highest BCUT2D eigenvalue weighted by molar-refractivity contribution is 6.30. The zero-order chi connectivity index (χ0) is 11.5. The Morgan fingerprint density at radius 1 is 1.38 bits per heavy atom. The number of amides is 1. The first kappa shape index (κ1) is 11.6. The molecule has 86 valence electrons. The number of carbonyl (C=O) groups excluding carboxylic acids is 1. The molecule has 0 spiro atoms. The minimum absolute atomic E-state index is 0.0354. The van der Waals surface area contributed by atoms with Crippen molar-refractivity contribution < 1.29 is 9.53 Å². The molecule has 1 heterocycles. The molecule has 1 saturated heterocycles. The van der Waals surface area contributed by atoms with Gasteiger partial charge in [0.25, 0.3) is 0 Å². The summed E-state index contributed by atoms with van der Waals surface area (Å²) < 4.78 is 5.63. The highest BCUT2D eigenvalue weighted by Gasteiger charge is 2.31. The van der Waals surface area contributed by atoms with Crippen LogP contribution in [0, 0.1) is 0 Å². The maximum absolute atomic E-state index is 11.2. The molecule has 16 heavy (non-hydrogen) atoms. The third kappa shape index (κ3) is 2.60. The van der Waals surface area contributed by atoms with Crippen molar-refractivity contribution in [3.8, 4) is 5.75 Å². The molecule has 1 aliphatic rings. The first-order valence-electron chi connectivity index (χ1n) is 4.95. The summed E-state index contributed by atoms with van der Waals surface area (Å²) in [7, 11) is 0. The van der Waals surface area contributed by atoms with Crippen LogP contribution in [0.3, 0.4) is 0 Å². The van der Waals surface area contributed by atoms with Crippen molar-refractivity contribution in [3.63, 3.8) is 0 Å². The third-order valence-electron chi connectivity index (χ3n) is 2.43. The lowest BCUT2D eigenvalue weighted by Gasteiger charge is -2.38. The number of hydrogen-bond donors (Lipinski definition) is 0. The van der Waals surface area contributed by atoms with Crippen molar-refractivity contribution in [2.24, 2.45) is 0 Å². The lowest BCUT2D eigenvalue weighted by atomic mass is 10.1. The molecule has 0 saturated carbocycles. The summed E-state index contributed by atoms with van der Waals surface area (Å²) in [5.41, 5.74) is 0. The van der Waals surface area contributed by atoms with Crippen molar-refractivity contribution in [2.75, 3.05) is 19.0 Å². The number of halogens is 2. The van der Waals surface area contributed by atoms with Crippen LogP contribution in [0.4, 0.5) is 0 Å². The van der Waals surface area contributed by atoms with Gasteiger partial charge in [0.2, 0.25) is 5.91 Å². The molecule has 3 nitrogen and oxygen atoms in total. The SMILES string of the molecule is O=C(CCl)N1CC(Oc2ccc(Cl)cc2)C1. The van der Waals surface area contributed by atoms with Crippen molar-refractivity contribution in [1.29, 1.82) is 0 Å². The zero-order valence-electron chi connectivity index (χ0n) is 8.53. The van der Waals surface area contributed by atoms with Crippen molar-refractivity contribution in [2.45, 2.75) is 6.10 Å². The molecule has 1 aromatic rings. The van der Waals surface area contributed by atoms with Crippen LogP contribution in [0.15, 0.2) is 24.3 Å². The Hall–Kier alpha value is -0.930.